The third-order valence-electron chi connectivity index (χ3n) is 2.01. The smallest absolute Gasteiger partial charge is 0.122 e. The zero-order valence-corrected chi connectivity index (χ0v) is 8.73. The van der Waals surface area contributed by atoms with Crippen LogP contribution in [-0.2, 0) is 0 Å². The molecule has 0 aliphatic carbocycles. The van der Waals surface area contributed by atoms with Crippen molar-refractivity contribution in [2.75, 3.05) is 13.2 Å². The second kappa shape index (κ2) is 5.36. The number of hydrogen-bond acceptors (Lipinski definition) is 3. The predicted octanol–water partition coefficient (Wildman–Crippen LogP) is 0.978. The molecule has 0 saturated heterocycles. The molecule has 0 aromatic heterocycles. The van der Waals surface area contributed by atoms with Crippen LogP contribution < -0.4 is 10.5 Å². The number of nitrogens with one attached hydrogen (secondary N) is 1. The number of hydrogen-bond donors (Lipinski definition) is 3. The van der Waals surface area contributed by atoms with Gasteiger partial charge < -0.3 is 15.6 Å². The topological polar surface area (TPSA) is 79.3 Å². The molecule has 0 bridgehead atoms. The Balaban J connectivity index is 2.53. The molecule has 4 nitrogen and oxygen atoms in total. The highest BCUT2D eigenvalue weighted by molar-refractivity contribution is 5.94. The van der Waals surface area contributed by atoms with Gasteiger partial charge in [0.15, 0.2) is 0 Å². The Labute approximate surface area is 89.2 Å². The van der Waals surface area contributed by atoms with E-state index in [0.29, 0.717) is 12.2 Å². The van der Waals surface area contributed by atoms with Crippen LogP contribution >= 0.6 is 0 Å². The SMILES string of the molecule is C[C@@H](CO)COc1ccc(C(=N)N)cc1. The minimum absolute atomic E-state index is 0.0466. The number of rotatable bonds is 5. The summed E-state index contributed by atoms with van der Waals surface area (Å²) in [6.07, 6.45) is 0. The number of aliphatic hydroxyl groups is 1. The van der Waals surface area contributed by atoms with Crippen LogP contribution in [0.1, 0.15) is 12.5 Å². The molecule has 1 rings (SSSR count). The molecular formula is C11H16N2O2. The first-order chi connectivity index (χ1) is 7.13. The Morgan fingerprint density at radius 1 is 1.47 bits per heavy atom. The molecule has 15 heavy (non-hydrogen) atoms. The Kier molecular flexibility index (Phi) is 4.12. The first kappa shape index (κ1) is 11.5. The molecule has 1 aromatic carbocycles. The van der Waals surface area contributed by atoms with Crippen molar-refractivity contribution < 1.29 is 9.84 Å². The average Bonchev–Trinajstić information content (AvgIpc) is 2.26. The number of benzene rings is 1. The molecule has 0 saturated carbocycles. The van der Waals surface area contributed by atoms with Gasteiger partial charge in [0.05, 0.1) is 6.61 Å². The molecule has 1 aromatic rings. The largest absolute Gasteiger partial charge is 0.493 e. The van der Waals surface area contributed by atoms with Crippen LogP contribution in [0.15, 0.2) is 24.3 Å². The molecule has 0 unspecified atom stereocenters. The van der Waals surface area contributed by atoms with E-state index in [9.17, 15) is 0 Å². The maximum absolute atomic E-state index is 8.81. The maximum atomic E-state index is 8.81. The lowest BCUT2D eigenvalue weighted by Crippen LogP contribution is -2.13. The van der Waals surface area contributed by atoms with Gasteiger partial charge in [0.2, 0.25) is 0 Å². The quantitative estimate of drug-likeness (QED) is 0.498. The van der Waals surface area contributed by atoms with E-state index in [0.717, 1.165) is 5.75 Å². The Morgan fingerprint density at radius 2 is 2.07 bits per heavy atom. The average molecular weight is 208 g/mol. The van der Waals surface area contributed by atoms with Crippen molar-refractivity contribution in [3.05, 3.63) is 29.8 Å². The van der Waals surface area contributed by atoms with Crippen LogP contribution in [-0.4, -0.2) is 24.2 Å². The summed E-state index contributed by atoms with van der Waals surface area (Å²) in [5.74, 6) is 0.892. The highest BCUT2D eigenvalue weighted by atomic mass is 16.5. The molecule has 0 amide bonds. The van der Waals surface area contributed by atoms with Crippen molar-refractivity contribution in [3.63, 3.8) is 0 Å². The van der Waals surface area contributed by atoms with Crippen molar-refractivity contribution in [1.29, 1.82) is 5.41 Å². The molecule has 82 valence electrons. The first-order valence-corrected chi connectivity index (χ1v) is 4.81. The summed E-state index contributed by atoms with van der Waals surface area (Å²) in [4.78, 5) is 0. The van der Waals surface area contributed by atoms with E-state index in [2.05, 4.69) is 0 Å². The first-order valence-electron chi connectivity index (χ1n) is 4.81. The van der Waals surface area contributed by atoms with Crippen LogP contribution in [0.4, 0.5) is 0 Å². The minimum atomic E-state index is 0.0466. The normalized spacial score (nSPS) is 12.1. The third-order valence-corrected chi connectivity index (χ3v) is 2.01. The fourth-order valence-corrected chi connectivity index (χ4v) is 1.02. The van der Waals surface area contributed by atoms with Crippen LogP contribution in [0.3, 0.4) is 0 Å². The number of amidine groups is 1. The number of nitrogens with two attached hydrogens (primary N) is 1. The van der Waals surface area contributed by atoms with E-state index in [1.54, 1.807) is 24.3 Å². The number of nitrogen functional groups attached to an aromatic ring is 1. The monoisotopic (exact) mass is 208 g/mol. The lowest BCUT2D eigenvalue weighted by atomic mass is 10.2. The summed E-state index contributed by atoms with van der Waals surface area (Å²) >= 11 is 0. The van der Waals surface area contributed by atoms with Crippen molar-refractivity contribution in [3.8, 4) is 5.75 Å². The molecule has 0 heterocycles. The summed E-state index contributed by atoms with van der Waals surface area (Å²) in [7, 11) is 0. The summed E-state index contributed by atoms with van der Waals surface area (Å²) in [5.41, 5.74) is 6.00. The summed E-state index contributed by atoms with van der Waals surface area (Å²) in [6, 6.07) is 7.00. The molecule has 1 atom stereocenters. The predicted molar refractivity (Wildman–Crippen MR) is 59.2 cm³/mol. The van der Waals surface area contributed by atoms with Gasteiger partial charge in [0, 0.05) is 18.1 Å². The lowest BCUT2D eigenvalue weighted by Gasteiger charge is -2.10. The lowest BCUT2D eigenvalue weighted by molar-refractivity contribution is 0.174. The highest BCUT2D eigenvalue weighted by Crippen LogP contribution is 2.12. The highest BCUT2D eigenvalue weighted by Gasteiger charge is 2.01. The van der Waals surface area contributed by atoms with Gasteiger partial charge in [-0.05, 0) is 24.3 Å². The number of ether oxygens (including phenoxy) is 1. The van der Waals surface area contributed by atoms with E-state index < -0.39 is 0 Å². The maximum Gasteiger partial charge on any atom is 0.122 e. The van der Waals surface area contributed by atoms with Gasteiger partial charge in [-0.15, -0.1) is 0 Å². The van der Waals surface area contributed by atoms with Crippen LogP contribution in [0, 0.1) is 11.3 Å². The molecule has 0 spiro atoms. The zero-order valence-electron chi connectivity index (χ0n) is 8.73. The van der Waals surface area contributed by atoms with Crippen molar-refractivity contribution in [2.45, 2.75) is 6.92 Å². The fourth-order valence-electron chi connectivity index (χ4n) is 1.02. The van der Waals surface area contributed by atoms with Crippen molar-refractivity contribution in [2.24, 2.45) is 11.7 Å². The Hall–Kier alpha value is -1.55. The van der Waals surface area contributed by atoms with Gasteiger partial charge in [-0.2, -0.15) is 0 Å². The number of aliphatic hydroxyl groups excluding tert-OH is 1. The molecular weight excluding hydrogens is 192 g/mol. The van der Waals surface area contributed by atoms with Crippen LogP contribution in [0.2, 0.25) is 0 Å². The van der Waals surface area contributed by atoms with E-state index in [1.807, 2.05) is 6.92 Å². The van der Waals surface area contributed by atoms with Crippen LogP contribution in [0.5, 0.6) is 5.75 Å². The standard InChI is InChI=1S/C11H16N2O2/c1-8(6-14)7-15-10-4-2-9(3-5-10)11(12)13/h2-5,8,14H,6-7H2,1H3,(H3,12,13)/t8-/m0/s1. The minimum Gasteiger partial charge on any atom is -0.493 e. The van der Waals surface area contributed by atoms with Gasteiger partial charge in [0.1, 0.15) is 11.6 Å². The van der Waals surface area contributed by atoms with Crippen molar-refractivity contribution >= 4 is 5.84 Å². The van der Waals surface area contributed by atoms with E-state index >= 15 is 0 Å². The Morgan fingerprint density at radius 3 is 2.53 bits per heavy atom. The third kappa shape index (κ3) is 3.59. The molecule has 0 radical (unpaired) electrons. The van der Waals surface area contributed by atoms with E-state index in [4.69, 9.17) is 21.0 Å². The van der Waals surface area contributed by atoms with Gasteiger partial charge in [0.25, 0.3) is 0 Å². The van der Waals surface area contributed by atoms with Gasteiger partial charge in [-0.25, -0.2) is 0 Å². The zero-order chi connectivity index (χ0) is 11.3. The van der Waals surface area contributed by atoms with E-state index in [1.165, 1.54) is 0 Å². The second-order valence-electron chi connectivity index (χ2n) is 3.54. The van der Waals surface area contributed by atoms with E-state index in [-0.39, 0.29) is 18.4 Å². The Bertz CT molecular complexity index is 322. The van der Waals surface area contributed by atoms with Gasteiger partial charge in [-0.3, -0.25) is 5.41 Å². The summed E-state index contributed by atoms with van der Waals surface area (Å²) in [5, 5.41) is 16.0. The summed E-state index contributed by atoms with van der Waals surface area (Å²) < 4.78 is 5.42. The van der Waals surface area contributed by atoms with Crippen LogP contribution in [0.25, 0.3) is 0 Å². The summed E-state index contributed by atoms with van der Waals surface area (Å²) in [6.45, 7) is 2.51. The van der Waals surface area contributed by atoms with Crippen molar-refractivity contribution in [1.82, 2.24) is 0 Å². The van der Waals surface area contributed by atoms with Gasteiger partial charge in [-0.1, -0.05) is 6.92 Å². The molecule has 4 N–H and O–H groups in total. The second-order valence-corrected chi connectivity index (χ2v) is 3.54. The molecule has 0 aliphatic heterocycles. The molecule has 4 heteroatoms. The van der Waals surface area contributed by atoms with Gasteiger partial charge >= 0.3 is 0 Å². The fraction of sp³-hybridized carbons (Fsp3) is 0.364. The molecule has 0 fully saturated rings. The molecule has 0 aliphatic rings.